The van der Waals surface area contributed by atoms with Crippen LogP contribution in [0.3, 0.4) is 0 Å². The molecule has 1 aromatic carbocycles. The minimum atomic E-state index is -0.0248. The Labute approximate surface area is 125 Å². The van der Waals surface area contributed by atoms with Gasteiger partial charge in [-0.05, 0) is 37.1 Å². The average molecular weight is 290 g/mol. The number of methoxy groups -OCH3 is 1. The van der Waals surface area contributed by atoms with Crippen molar-refractivity contribution in [2.45, 2.75) is 39.5 Å². The van der Waals surface area contributed by atoms with E-state index in [9.17, 15) is 5.11 Å². The molecule has 0 radical (unpaired) electrons. The highest BCUT2D eigenvalue weighted by Crippen LogP contribution is 2.28. The third-order valence-electron chi connectivity index (χ3n) is 3.49. The normalized spacial score (nSPS) is 12.2. The third kappa shape index (κ3) is 3.76. The monoisotopic (exact) mass is 290 g/mol. The molecule has 0 aliphatic carbocycles. The number of ether oxygens (including phenoxy) is 2. The standard InChI is InChI=1S/C16H22N2O3/c1-4-12(2)18-8-7-14(17-18)11-21-16-9-13(10-19)5-6-15(16)20-3/h5-9,12,19H,4,10-11H2,1-3H3. The van der Waals surface area contributed by atoms with Gasteiger partial charge in [-0.25, -0.2) is 0 Å². The van der Waals surface area contributed by atoms with Gasteiger partial charge in [-0.2, -0.15) is 5.10 Å². The fraction of sp³-hybridized carbons (Fsp3) is 0.438. The summed E-state index contributed by atoms with van der Waals surface area (Å²) in [4.78, 5) is 0. The van der Waals surface area contributed by atoms with Gasteiger partial charge in [0.15, 0.2) is 11.5 Å². The number of rotatable bonds is 7. The lowest BCUT2D eigenvalue weighted by Crippen LogP contribution is -2.06. The molecule has 114 valence electrons. The van der Waals surface area contributed by atoms with E-state index in [0.717, 1.165) is 17.7 Å². The second-order valence-corrected chi connectivity index (χ2v) is 4.98. The van der Waals surface area contributed by atoms with Gasteiger partial charge in [0.2, 0.25) is 0 Å². The Morgan fingerprint density at radius 2 is 2.10 bits per heavy atom. The van der Waals surface area contributed by atoms with E-state index in [1.54, 1.807) is 19.2 Å². The molecule has 0 fully saturated rings. The predicted molar refractivity (Wildman–Crippen MR) is 80.5 cm³/mol. The first kappa shape index (κ1) is 15.4. The van der Waals surface area contributed by atoms with Crippen molar-refractivity contribution in [2.24, 2.45) is 0 Å². The zero-order valence-electron chi connectivity index (χ0n) is 12.7. The first-order chi connectivity index (χ1) is 10.2. The van der Waals surface area contributed by atoms with E-state index < -0.39 is 0 Å². The minimum Gasteiger partial charge on any atom is -0.493 e. The van der Waals surface area contributed by atoms with Crippen molar-refractivity contribution in [2.75, 3.05) is 7.11 Å². The Morgan fingerprint density at radius 1 is 1.29 bits per heavy atom. The third-order valence-corrected chi connectivity index (χ3v) is 3.49. The topological polar surface area (TPSA) is 56.5 Å². The Balaban J connectivity index is 2.07. The second kappa shape index (κ2) is 7.13. The fourth-order valence-corrected chi connectivity index (χ4v) is 1.97. The highest BCUT2D eigenvalue weighted by atomic mass is 16.5. The van der Waals surface area contributed by atoms with E-state index in [1.807, 2.05) is 23.0 Å². The van der Waals surface area contributed by atoms with Gasteiger partial charge in [0.1, 0.15) is 6.61 Å². The van der Waals surface area contributed by atoms with Crippen molar-refractivity contribution in [1.82, 2.24) is 9.78 Å². The fourth-order valence-electron chi connectivity index (χ4n) is 1.97. The molecule has 0 bridgehead atoms. The number of hydrogen-bond acceptors (Lipinski definition) is 4. The number of aliphatic hydroxyl groups excluding tert-OH is 1. The van der Waals surface area contributed by atoms with Gasteiger partial charge in [-0.15, -0.1) is 0 Å². The predicted octanol–water partition coefficient (Wildman–Crippen LogP) is 2.93. The molecule has 1 atom stereocenters. The summed E-state index contributed by atoms with van der Waals surface area (Å²) in [5, 5.41) is 13.7. The summed E-state index contributed by atoms with van der Waals surface area (Å²) in [6, 6.07) is 7.71. The molecule has 0 saturated heterocycles. The maximum absolute atomic E-state index is 9.19. The van der Waals surface area contributed by atoms with E-state index in [1.165, 1.54) is 0 Å². The van der Waals surface area contributed by atoms with E-state index in [2.05, 4.69) is 18.9 Å². The SMILES string of the molecule is CCC(C)n1ccc(COc2cc(CO)ccc2OC)n1. The number of aromatic nitrogens is 2. The zero-order chi connectivity index (χ0) is 15.2. The molecule has 2 rings (SSSR count). The van der Waals surface area contributed by atoms with Gasteiger partial charge in [0, 0.05) is 12.2 Å². The largest absolute Gasteiger partial charge is 0.493 e. The lowest BCUT2D eigenvalue weighted by molar-refractivity contribution is 0.269. The molecule has 21 heavy (non-hydrogen) atoms. The zero-order valence-corrected chi connectivity index (χ0v) is 12.7. The highest BCUT2D eigenvalue weighted by Gasteiger charge is 2.08. The number of aliphatic hydroxyl groups is 1. The van der Waals surface area contributed by atoms with Crippen LogP contribution in [0.4, 0.5) is 0 Å². The molecule has 1 unspecified atom stereocenters. The molecule has 1 heterocycles. The highest BCUT2D eigenvalue weighted by molar-refractivity contribution is 5.42. The number of benzene rings is 1. The summed E-state index contributed by atoms with van der Waals surface area (Å²) < 4.78 is 13.0. The summed E-state index contributed by atoms with van der Waals surface area (Å²) in [6.45, 7) is 4.61. The van der Waals surface area contributed by atoms with Crippen LogP contribution < -0.4 is 9.47 Å². The van der Waals surface area contributed by atoms with Crippen molar-refractivity contribution < 1.29 is 14.6 Å². The minimum absolute atomic E-state index is 0.0248. The molecule has 0 aliphatic heterocycles. The Bertz CT molecular complexity index is 581. The van der Waals surface area contributed by atoms with Crippen molar-refractivity contribution in [1.29, 1.82) is 0 Å². The second-order valence-electron chi connectivity index (χ2n) is 4.98. The van der Waals surface area contributed by atoms with Crippen LogP contribution in [0.5, 0.6) is 11.5 Å². The van der Waals surface area contributed by atoms with Crippen molar-refractivity contribution in [3.63, 3.8) is 0 Å². The first-order valence-corrected chi connectivity index (χ1v) is 7.12. The van der Waals surface area contributed by atoms with Crippen molar-refractivity contribution in [3.05, 3.63) is 41.7 Å². The summed E-state index contributed by atoms with van der Waals surface area (Å²) in [5.74, 6) is 1.26. The van der Waals surface area contributed by atoms with Gasteiger partial charge in [0.05, 0.1) is 19.4 Å². The van der Waals surface area contributed by atoms with Crippen LogP contribution in [0.2, 0.25) is 0 Å². The Morgan fingerprint density at radius 3 is 2.76 bits per heavy atom. The molecule has 1 aromatic heterocycles. The molecule has 0 aliphatic rings. The molecule has 0 spiro atoms. The summed E-state index contributed by atoms with van der Waals surface area (Å²) in [6.07, 6.45) is 3.00. The van der Waals surface area contributed by atoms with Gasteiger partial charge >= 0.3 is 0 Å². The smallest absolute Gasteiger partial charge is 0.162 e. The number of nitrogens with zero attached hydrogens (tertiary/aromatic N) is 2. The average Bonchev–Trinajstić information content (AvgIpc) is 3.00. The van der Waals surface area contributed by atoms with Crippen LogP contribution >= 0.6 is 0 Å². The molecule has 0 saturated carbocycles. The van der Waals surface area contributed by atoms with Crippen molar-refractivity contribution in [3.8, 4) is 11.5 Å². The van der Waals surface area contributed by atoms with Crippen molar-refractivity contribution >= 4 is 0 Å². The lowest BCUT2D eigenvalue weighted by atomic mass is 10.2. The molecule has 0 amide bonds. The summed E-state index contributed by atoms with van der Waals surface area (Å²) >= 11 is 0. The van der Waals surface area contributed by atoms with Gasteiger partial charge in [-0.3, -0.25) is 4.68 Å². The molecule has 2 aromatic rings. The van der Waals surface area contributed by atoms with Crippen LogP contribution in [0.15, 0.2) is 30.5 Å². The maximum Gasteiger partial charge on any atom is 0.162 e. The maximum atomic E-state index is 9.19. The quantitative estimate of drug-likeness (QED) is 0.852. The lowest BCUT2D eigenvalue weighted by Gasteiger charge is -2.11. The van der Waals surface area contributed by atoms with Gasteiger partial charge in [0.25, 0.3) is 0 Å². The molecule has 5 heteroatoms. The van der Waals surface area contributed by atoms with Crippen LogP contribution in [-0.2, 0) is 13.2 Å². The summed E-state index contributed by atoms with van der Waals surface area (Å²) in [7, 11) is 1.60. The van der Waals surface area contributed by atoms with Crippen LogP contribution in [0.25, 0.3) is 0 Å². The van der Waals surface area contributed by atoms with E-state index >= 15 is 0 Å². The van der Waals surface area contributed by atoms with E-state index in [4.69, 9.17) is 9.47 Å². The molecule has 1 N–H and O–H groups in total. The Kier molecular flexibility index (Phi) is 5.22. The van der Waals surface area contributed by atoms with Crippen LogP contribution in [0.1, 0.15) is 37.6 Å². The van der Waals surface area contributed by atoms with Crippen LogP contribution in [0, 0.1) is 0 Å². The molecule has 5 nitrogen and oxygen atoms in total. The van der Waals surface area contributed by atoms with E-state index in [-0.39, 0.29) is 6.61 Å². The summed E-state index contributed by atoms with van der Waals surface area (Å²) in [5.41, 5.74) is 1.66. The van der Waals surface area contributed by atoms with E-state index in [0.29, 0.717) is 24.1 Å². The first-order valence-electron chi connectivity index (χ1n) is 7.12. The van der Waals surface area contributed by atoms with Gasteiger partial charge < -0.3 is 14.6 Å². The molecular formula is C16H22N2O3. The van der Waals surface area contributed by atoms with Crippen LogP contribution in [-0.4, -0.2) is 22.0 Å². The molecular weight excluding hydrogens is 268 g/mol. The number of hydrogen-bond donors (Lipinski definition) is 1. The Hall–Kier alpha value is -2.01. The van der Waals surface area contributed by atoms with Gasteiger partial charge in [-0.1, -0.05) is 13.0 Å².